The zero-order valence-corrected chi connectivity index (χ0v) is 10.1. The van der Waals surface area contributed by atoms with E-state index in [1.165, 1.54) is 11.1 Å². The molecule has 0 aliphatic heterocycles. The van der Waals surface area contributed by atoms with Crippen LogP contribution in [0.4, 0.5) is 0 Å². The Balaban J connectivity index is 1.79. The Morgan fingerprint density at radius 1 is 1.06 bits per heavy atom. The molecule has 2 aromatic rings. The first-order valence-corrected chi connectivity index (χ1v) is 6.03. The number of benzene rings is 1. The van der Waals surface area contributed by atoms with E-state index in [9.17, 15) is 0 Å². The van der Waals surface area contributed by atoms with E-state index in [0.29, 0.717) is 6.04 Å². The molecule has 1 heterocycles. The number of pyridine rings is 1. The van der Waals surface area contributed by atoms with E-state index in [0.717, 1.165) is 13.0 Å². The molecule has 0 aliphatic carbocycles. The van der Waals surface area contributed by atoms with E-state index < -0.39 is 0 Å². The molecule has 0 spiro atoms. The highest BCUT2D eigenvalue weighted by atomic mass is 14.9. The maximum absolute atomic E-state index is 4.02. The molecule has 0 saturated carbocycles. The molecule has 0 amide bonds. The lowest BCUT2D eigenvalue weighted by Gasteiger charge is -2.13. The van der Waals surface area contributed by atoms with Crippen LogP contribution in [0.15, 0.2) is 54.9 Å². The lowest BCUT2D eigenvalue weighted by atomic mass is 10.1. The standard InChI is InChI=1S/C15H18N2/c1-13(15-5-3-2-4-6-15)17-12-9-14-7-10-16-11-8-14/h2-8,10-11,13,17H,9,12H2,1H3/t13-/m0/s1. The molecule has 0 unspecified atom stereocenters. The summed E-state index contributed by atoms with van der Waals surface area (Å²) in [7, 11) is 0. The number of nitrogens with one attached hydrogen (secondary N) is 1. The molecule has 1 aromatic heterocycles. The van der Waals surface area contributed by atoms with E-state index in [1.54, 1.807) is 0 Å². The minimum atomic E-state index is 0.401. The Morgan fingerprint density at radius 3 is 2.47 bits per heavy atom. The minimum absolute atomic E-state index is 0.401. The topological polar surface area (TPSA) is 24.9 Å². The maximum atomic E-state index is 4.02. The predicted octanol–water partition coefficient (Wildman–Crippen LogP) is 2.97. The third kappa shape index (κ3) is 3.68. The van der Waals surface area contributed by atoms with Crippen molar-refractivity contribution >= 4 is 0 Å². The number of rotatable bonds is 5. The molecular formula is C15H18N2. The molecule has 0 radical (unpaired) electrons. The zero-order valence-electron chi connectivity index (χ0n) is 10.1. The Hall–Kier alpha value is -1.67. The van der Waals surface area contributed by atoms with Gasteiger partial charge in [0.15, 0.2) is 0 Å². The van der Waals surface area contributed by atoms with E-state index in [1.807, 2.05) is 18.5 Å². The van der Waals surface area contributed by atoms with Crippen LogP contribution < -0.4 is 5.32 Å². The first-order valence-electron chi connectivity index (χ1n) is 6.03. The van der Waals surface area contributed by atoms with Crippen LogP contribution >= 0.6 is 0 Å². The monoisotopic (exact) mass is 226 g/mol. The Kier molecular flexibility index (Phi) is 4.28. The van der Waals surface area contributed by atoms with Crippen LogP contribution in [0.5, 0.6) is 0 Å². The van der Waals surface area contributed by atoms with Crippen molar-refractivity contribution in [3.63, 3.8) is 0 Å². The minimum Gasteiger partial charge on any atom is -0.310 e. The van der Waals surface area contributed by atoms with Gasteiger partial charge in [-0.1, -0.05) is 30.3 Å². The normalized spacial score (nSPS) is 12.3. The van der Waals surface area contributed by atoms with Gasteiger partial charge >= 0.3 is 0 Å². The molecule has 0 fully saturated rings. The van der Waals surface area contributed by atoms with Gasteiger partial charge in [0.2, 0.25) is 0 Å². The van der Waals surface area contributed by atoms with Crippen LogP contribution in [-0.4, -0.2) is 11.5 Å². The first kappa shape index (κ1) is 11.8. The summed E-state index contributed by atoms with van der Waals surface area (Å²) < 4.78 is 0. The number of hydrogen-bond acceptors (Lipinski definition) is 2. The average molecular weight is 226 g/mol. The first-order chi connectivity index (χ1) is 8.36. The summed E-state index contributed by atoms with van der Waals surface area (Å²) in [5.41, 5.74) is 2.66. The predicted molar refractivity (Wildman–Crippen MR) is 70.8 cm³/mol. The van der Waals surface area contributed by atoms with Gasteiger partial charge < -0.3 is 5.32 Å². The molecule has 0 saturated heterocycles. The molecule has 0 bridgehead atoms. The van der Waals surface area contributed by atoms with Crippen molar-refractivity contribution in [2.45, 2.75) is 19.4 Å². The van der Waals surface area contributed by atoms with Crippen molar-refractivity contribution in [2.24, 2.45) is 0 Å². The number of hydrogen-bond donors (Lipinski definition) is 1. The highest BCUT2D eigenvalue weighted by Crippen LogP contribution is 2.10. The quantitative estimate of drug-likeness (QED) is 0.847. The molecular weight excluding hydrogens is 208 g/mol. The molecule has 2 nitrogen and oxygen atoms in total. The van der Waals surface area contributed by atoms with Crippen molar-refractivity contribution in [3.8, 4) is 0 Å². The molecule has 2 heteroatoms. The van der Waals surface area contributed by atoms with Crippen LogP contribution in [0, 0.1) is 0 Å². The van der Waals surface area contributed by atoms with Gasteiger partial charge in [0.05, 0.1) is 0 Å². The summed E-state index contributed by atoms with van der Waals surface area (Å²) in [6.45, 7) is 3.18. The van der Waals surface area contributed by atoms with Gasteiger partial charge in [0.25, 0.3) is 0 Å². The third-order valence-electron chi connectivity index (χ3n) is 2.91. The largest absolute Gasteiger partial charge is 0.310 e. The summed E-state index contributed by atoms with van der Waals surface area (Å²) in [4.78, 5) is 4.02. The van der Waals surface area contributed by atoms with Crippen LogP contribution in [0.1, 0.15) is 24.1 Å². The lowest BCUT2D eigenvalue weighted by Crippen LogP contribution is -2.21. The number of nitrogens with zero attached hydrogens (tertiary/aromatic N) is 1. The van der Waals surface area contributed by atoms with Crippen LogP contribution in [0.3, 0.4) is 0 Å². The summed E-state index contributed by atoms with van der Waals surface area (Å²) in [6.07, 6.45) is 4.73. The molecule has 0 aliphatic rings. The Labute approximate surface area is 103 Å². The van der Waals surface area contributed by atoms with Crippen molar-refractivity contribution in [3.05, 3.63) is 66.0 Å². The molecule has 1 atom stereocenters. The zero-order chi connectivity index (χ0) is 11.9. The van der Waals surface area contributed by atoms with Gasteiger partial charge in [0.1, 0.15) is 0 Å². The van der Waals surface area contributed by atoms with Crippen LogP contribution in [-0.2, 0) is 6.42 Å². The summed E-state index contributed by atoms with van der Waals surface area (Å²) in [5, 5.41) is 3.53. The summed E-state index contributed by atoms with van der Waals surface area (Å²) >= 11 is 0. The molecule has 2 rings (SSSR count). The molecule has 1 aromatic carbocycles. The third-order valence-corrected chi connectivity index (χ3v) is 2.91. The molecule has 1 N–H and O–H groups in total. The number of aromatic nitrogens is 1. The second-order valence-corrected chi connectivity index (χ2v) is 4.19. The summed E-state index contributed by atoms with van der Waals surface area (Å²) in [6, 6.07) is 15.1. The Morgan fingerprint density at radius 2 is 1.76 bits per heavy atom. The highest BCUT2D eigenvalue weighted by molar-refractivity contribution is 5.18. The fourth-order valence-corrected chi connectivity index (χ4v) is 1.84. The highest BCUT2D eigenvalue weighted by Gasteiger charge is 2.02. The fraction of sp³-hybridized carbons (Fsp3) is 0.267. The van der Waals surface area contributed by atoms with Gasteiger partial charge in [-0.3, -0.25) is 4.98 Å². The van der Waals surface area contributed by atoms with Crippen molar-refractivity contribution in [2.75, 3.05) is 6.54 Å². The second kappa shape index (κ2) is 6.16. The molecule has 88 valence electrons. The summed E-state index contributed by atoms with van der Waals surface area (Å²) in [5.74, 6) is 0. The van der Waals surface area contributed by atoms with Gasteiger partial charge in [-0.05, 0) is 43.1 Å². The van der Waals surface area contributed by atoms with Gasteiger partial charge in [-0.2, -0.15) is 0 Å². The van der Waals surface area contributed by atoms with Crippen LogP contribution in [0.25, 0.3) is 0 Å². The van der Waals surface area contributed by atoms with Crippen molar-refractivity contribution < 1.29 is 0 Å². The van der Waals surface area contributed by atoms with Gasteiger partial charge in [-0.15, -0.1) is 0 Å². The van der Waals surface area contributed by atoms with Gasteiger partial charge in [0, 0.05) is 18.4 Å². The van der Waals surface area contributed by atoms with E-state index in [4.69, 9.17) is 0 Å². The average Bonchev–Trinajstić information content (AvgIpc) is 2.41. The van der Waals surface area contributed by atoms with E-state index >= 15 is 0 Å². The fourth-order valence-electron chi connectivity index (χ4n) is 1.84. The second-order valence-electron chi connectivity index (χ2n) is 4.19. The smallest absolute Gasteiger partial charge is 0.0291 e. The molecule has 17 heavy (non-hydrogen) atoms. The van der Waals surface area contributed by atoms with E-state index in [2.05, 4.69) is 53.6 Å². The van der Waals surface area contributed by atoms with Crippen molar-refractivity contribution in [1.82, 2.24) is 10.3 Å². The van der Waals surface area contributed by atoms with Gasteiger partial charge in [-0.25, -0.2) is 0 Å². The lowest BCUT2D eigenvalue weighted by molar-refractivity contribution is 0.577. The maximum Gasteiger partial charge on any atom is 0.0291 e. The SMILES string of the molecule is C[C@H](NCCc1ccncc1)c1ccccc1. The Bertz CT molecular complexity index is 425. The van der Waals surface area contributed by atoms with Crippen LogP contribution in [0.2, 0.25) is 0 Å². The van der Waals surface area contributed by atoms with E-state index in [-0.39, 0.29) is 0 Å². The van der Waals surface area contributed by atoms with Crippen molar-refractivity contribution in [1.29, 1.82) is 0 Å².